The minimum atomic E-state index is -1.45. The van der Waals surface area contributed by atoms with Crippen molar-refractivity contribution >= 4 is 29.5 Å². The zero-order chi connectivity index (χ0) is 33.0. The number of ether oxygens (including phenoxy) is 2. The lowest BCUT2D eigenvalue weighted by atomic mass is 9.73. The average Bonchev–Trinajstić information content (AvgIpc) is 3.22. The molecule has 0 radical (unpaired) electrons. The standard InChI is InChI=1S/C33H40N6O6/c1-31(2,3)45-30(43)36-32(4,5)28(41)35-25(20-44-24-14-12-23(19-34)13-15-24)27(40)39-17-16-26-33(21-39,29(42)38(6)37-26)18-22-10-8-7-9-11-22/h7-15,25H,16-18,20-21H2,1-6H3,(H,35,41)(H,36,43)/t25?,33-/m1/s1. The van der Waals surface area contributed by atoms with Crippen molar-refractivity contribution in [3.63, 3.8) is 0 Å². The molecular formula is C33H40N6O6. The number of carbonyl (C=O) groups is 4. The van der Waals surface area contributed by atoms with E-state index in [9.17, 15) is 19.2 Å². The number of benzene rings is 2. The van der Waals surface area contributed by atoms with Crippen LogP contribution in [0.4, 0.5) is 4.79 Å². The van der Waals surface area contributed by atoms with Crippen LogP contribution in [0.3, 0.4) is 0 Å². The van der Waals surface area contributed by atoms with Gasteiger partial charge in [0.05, 0.1) is 17.3 Å². The van der Waals surface area contributed by atoms with Crippen LogP contribution in [0.15, 0.2) is 59.7 Å². The number of nitrogens with one attached hydrogen (secondary N) is 2. The number of alkyl carbamates (subject to hydrolysis) is 1. The Morgan fingerprint density at radius 2 is 1.73 bits per heavy atom. The third-order valence-electron chi connectivity index (χ3n) is 7.65. The second-order valence-electron chi connectivity index (χ2n) is 12.9. The summed E-state index contributed by atoms with van der Waals surface area (Å²) >= 11 is 0. The molecule has 2 heterocycles. The van der Waals surface area contributed by atoms with E-state index in [0.29, 0.717) is 24.2 Å². The maximum absolute atomic E-state index is 14.2. The summed E-state index contributed by atoms with van der Waals surface area (Å²) in [6.07, 6.45) is -0.0307. The van der Waals surface area contributed by atoms with Gasteiger partial charge in [-0.1, -0.05) is 30.3 Å². The van der Waals surface area contributed by atoms with Crippen LogP contribution >= 0.6 is 0 Å². The first-order chi connectivity index (χ1) is 21.1. The van der Waals surface area contributed by atoms with Crippen molar-refractivity contribution in [1.29, 1.82) is 5.26 Å². The van der Waals surface area contributed by atoms with Gasteiger partial charge in [-0.2, -0.15) is 10.4 Å². The van der Waals surface area contributed by atoms with Crippen molar-refractivity contribution in [2.45, 2.75) is 64.6 Å². The number of hydrogen-bond donors (Lipinski definition) is 2. The summed E-state index contributed by atoms with van der Waals surface area (Å²) in [7, 11) is 1.61. The first-order valence-electron chi connectivity index (χ1n) is 14.8. The molecular weight excluding hydrogens is 576 g/mol. The molecule has 45 heavy (non-hydrogen) atoms. The van der Waals surface area contributed by atoms with E-state index < -0.39 is 40.5 Å². The highest BCUT2D eigenvalue weighted by Crippen LogP contribution is 2.38. The predicted molar refractivity (Wildman–Crippen MR) is 166 cm³/mol. The van der Waals surface area contributed by atoms with Gasteiger partial charge in [0.15, 0.2) is 0 Å². The molecule has 2 aromatic rings. The largest absolute Gasteiger partial charge is 0.491 e. The van der Waals surface area contributed by atoms with Crippen molar-refractivity contribution in [3.8, 4) is 11.8 Å². The van der Waals surface area contributed by atoms with Gasteiger partial charge in [-0.25, -0.2) is 9.80 Å². The van der Waals surface area contributed by atoms with Gasteiger partial charge in [0.1, 0.15) is 35.0 Å². The Hall–Kier alpha value is -4.92. The Kier molecular flexibility index (Phi) is 9.51. The molecule has 0 bridgehead atoms. The Morgan fingerprint density at radius 3 is 2.36 bits per heavy atom. The Balaban J connectivity index is 1.58. The summed E-state index contributed by atoms with van der Waals surface area (Å²) in [5.74, 6) is -0.881. The van der Waals surface area contributed by atoms with Gasteiger partial charge in [-0.05, 0) is 70.9 Å². The lowest BCUT2D eigenvalue weighted by molar-refractivity contribution is -0.143. The number of carbonyl (C=O) groups excluding carboxylic acids is 4. The Bertz CT molecular complexity index is 1510. The third-order valence-corrected chi connectivity index (χ3v) is 7.65. The number of amides is 4. The van der Waals surface area contributed by atoms with E-state index in [1.165, 1.54) is 18.9 Å². The quantitative estimate of drug-likeness (QED) is 0.439. The molecule has 2 aliphatic rings. The molecule has 2 aliphatic heterocycles. The molecule has 1 unspecified atom stereocenters. The second kappa shape index (κ2) is 13.0. The smallest absolute Gasteiger partial charge is 0.408 e. The summed E-state index contributed by atoms with van der Waals surface area (Å²) < 4.78 is 11.2. The zero-order valence-corrected chi connectivity index (χ0v) is 26.5. The van der Waals surface area contributed by atoms with Crippen molar-refractivity contribution in [2.75, 3.05) is 26.7 Å². The van der Waals surface area contributed by atoms with Gasteiger partial charge >= 0.3 is 6.09 Å². The Labute approximate surface area is 263 Å². The number of piperidine rings is 1. The van der Waals surface area contributed by atoms with E-state index in [4.69, 9.17) is 14.7 Å². The number of hydrazone groups is 1. The molecule has 2 aromatic carbocycles. The number of rotatable bonds is 9. The van der Waals surface area contributed by atoms with Crippen LogP contribution in [0.2, 0.25) is 0 Å². The number of nitriles is 1. The molecule has 4 amide bonds. The van der Waals surface area contributed by atoms with E-state index in [2.05, 4.69) is 15.7 Å². The normalized spacial score (nSPS) is 18.7. The highest BCUT2D eigenvalue weighted by molar-refractivity contribution is 6.13. The van der Waals surface area contributed by atoms with Crippen molar-refractivity contribution in [3.05, 3.63) is 65.7 Å². The van der Waals surface area contributed by atoms with Crippen LogP contribution in [-0.4, -0.2) is 83.4 Å². The van der Waals surface area contributed by atoms with Gasteiger partial charge < -0.3 is 25.0 Å². The molecule has 12 heteroatoms. The first-order valence-corrected chi connectivity index (χ1v) is 14.8. The van der Waals surface area contributed by atoms with E-state index in [1.54, 1.807) is 57.0 Å². The minimum absolute atomic E-state index is 0.0749. The second-order valence-corrected chi connectivity index (χ2v) is 12.9. The van der Waals surface area contributed by atoms with Gasteiger partial charge in [0, 0.05) is 26.6 Å². The highest BCUT2D eigenvalue weighted by atomic mass is 16.6. The van der Waals surface area contributed by atoms with Crippen LogP contribution in [0, 0.1) is 16.7 Å². The summed E-state index contributed by atoms with van der Waals surface area (Å²) in [5.41, 5.74) is -1.16. The zero-order valence-electron chi connectivity index (χ0n) is 26.5. The monoisotopic (exact) mass is 616 g/mol. The van der Waals surface area contributed by atoms with Crippen molar-refractivity contribution in [2.24, 2.45) is 10.5 Å². The fraction of sp³-hybridized carbons (Fsp3) is 0.455. The molecule has 1 fully saturated rings. The van der Waals surface area contributed by atoms with Gasteiger partial charge in [-0.3, -0.25) is 14.4 Å². The lowest BCUT2D eigenvalue weighted by Gasteiger charge is -2.41. The first kappa shape index (κ1) is 33.0. The lowest BCUT2D eigenvalue weighted by Crippen LogP contribution is -2.63. The molecule has 2 N–H and O–H groups in total. The molecule has 4 rings (SSSR count). The van der Waals surface area contributed by atoms with Crippen LogP contribution < -0.4 is 15.4 Å². The van der Waals surface area contributed by atoms with Gasteiger partial charge in [0.2, 0.25) is 11.8 Å². The number of likely N-dealkylation sites (tertiary alicyclic amines) is 1. The number of nitrogens with zero attached hydrogens (tertiary/aromatic N) is 4. The van der Waals surface area contributed by atoms with E-state index >= 15 is 0 Å². The minimum Gasteiger partial charge on any atom is -0.491 e. The van der Waals surface area contributed by atoms with Gasteiger partial charge in [-0.15, -0.1) is 0 Å². The topological polar surface area (TPSA) is 153 Å². The van der Waals surface area contributed by atoms with Crippen LogP contribution in [0.25, 0.3) is 0 Å². The molecule has 0 saturated carbocycles. The van der Waals surface area contributed by atoms with E-state index in [0.717, 1.165) is 11.3 Å². The molecule has 12 nitrogen and oxygen atoms in total. The molecule has 2 atom stereocenters. The summed E-state index contributed by atoms with van der Waals surface area (Å²) in [4.78, 5) is 55.3. The van der Waals surface area contributed by atoms with E-state index in [-0.39, 0.29) is 25.6 Å². The molecule has 0 spiro atoms. The number of hydrogen-bond acceptors (Lipinski definition) is 8. The number of fused-ring (bicyclic) bond motifs is 1. The van der Waals surface area contributed by atoms with Crippen molar-refractivity contribution in [1.82, 2.24) is 20.5 Å². The molecule has 1 saturated heterocycles. The van der Waals surface area contributed by atoms with Crippen LogP contribution in [0.1, 0.15) is 52.2 Å². The summed E-state index contributed by atoms with van der Waals surface area (Å²) in [5, 5.41) is 20.3. The van der Waals surface area contributed by atoms with Crippen LogP contribution in [0.5, 0.6) is 5.75 Å². The Morgan fingerprint density at radius 1 is 1.07 bits per heavy atom. The van der Waals surface area contributed by atoms with Gasteiger partial charge in [0.25, 0.3) is 5.91 Å². The van der Waals surface area contributed by atoms with Crippen LogP contribution in [-0.2, 0) is 25.5 Å². The molecule has 238 valence electrons. The summed E-state index contributed by atoms with van der Waals surface area (Å²) in [6, 6.07) is 16.8. The predicted octanol–water partition coefficient (Wildman–Crippen LogP) is 3.01. The average molecular weight is 617 g/mol. The maximum Gasteiger partial charge on any atom is 0.408 e. The third kappa shape index (κ3) is 7.78. The van der Waals surface area contributed by atoms with E-state index in [1.807, 2.05) is 36.4 Å². The SMILES string of the molecule is CN1N=C2CCN(C(=O)C(COc3ccc(C#N)cc3)NC(=O)C(C)(C)NC(=O)OC(C)(C)C)C[C@@]2(Cc2ccccc2)C1=O. The fourth-order valence-electron chi connectivity index (χ4n) is 5.37. The van der Waals surface area contributed by atoms with Crippen molar-refractivity contribution < 1.29 is 28.7 Å². The summed E-state index contributed by atoms with van der Waals surface area (Å²) in [6.45, 7) is 8.25. The molecule has 0 aromatic heterocycles. The fourth-order valence-corrected chi connectivity index (χ4v) is 5.37. The molecule has 0 aliphatic carbocycles. The maximum atomic E-state index is 14.2. The highest BCUT2D eigenvalue weighted by Gasteiger charge is 2.54.